The zero-order chi connectivity index (χ0) is 22.7. The van der Waals surface area contributed by atoms with Crippen molar-refractivity contribution in [2.75, 3.05) is 6.61 Å². The van der Waals surface area contributed by atoms with Crippen molar-refractivity contribution < 1.29 is 19.4 Å². The van der Waals surface area contributed by atoms with Gasteiger partial charge in [0, 0.05) is 6.92 Å². The zero-order valence-corrected chi connectivity index (χ0v) is 20.9. The van der Waals surface area contributed by atoms with Crippen molar-refractivity contribution in [2.45, 2.75) is 111 Å². The second-order valence-corrected chi connectivity index (χ2v) is 13.5. The second-order valence-electron chi connectivity index (χ2n) is 13.5. The quantitative estimate of drug-likeness (QED) is 0.582. The standard InChI is InChI=1S/C28H44O4/c1-16-27-13-12-26(5)20-7-6-18(15-31-17(2)29)32-22(20)14-21(26)19(27)8-9-23-25(3,4)24(30)10-11-28(16,23)27/h16,18-24,30H,6-15H2,1-5H3/t16-,18?,19-,20?,21?,22?,23?,24-,26+,27-,28?/m0/s1. The van der Waals surface area contributed by atoms with Gasteiger partial charge in [0.2, 0.25) is 0 Å². The maximum atomic E-state index is 11.3. The zero-order valence-electron chi connectivity index (χ0n) is 20.9. The number of hydrogen-bond acceptors (Lipinski definition) is 4. The van der Waals surface area contributed by atoms with E-state index in [9.17, 15) is 9.90 Å². The highest BCUT2D eigenvalue weighted by Crippen LogP contribution is 2.89. The van der Waals surface area contributed by atoms with E-state index < -0.39 is 0 Å². The van der Waals surface area contributed by atoms with Gasteiger partial charge < -0.3 is 14.6 Å². The minimum Gasteiger partial charge on any atom is -0.463 e. The third-order valence-electron chi connectivity index (χ3n) is 12.8. The molecule has 1 heterocycles. The first kappa shape index (κ1) is 21.9. The van der Waals surface area contributed by atoms with Crippen molar-refractivity contribution in [3.63, 3.8) is 0 Å². The summed E-state index contributed by atoms with van der Waals surface area (Å²) in [5, 5.41) is 10.9. The Morgan fingerprint density at radius 3 is 2.47 bits per heavy atom. The van der Waals surface area contributed by atoms with E-state index in [-0.39, 0.29) is 23.6 Å². The molecule has 0 amide bonds. The summed E-state index contributed by atoms with van der Waals surface area (Å²) in [5.74, 6) is 3.57. The molecular weight excluding hydrogens is 400 g/mol. The summed E-state index contributed by atoms with van der Waals surface area (Å²) in [6.45, 7) is 11.8. The molecule has 0 aromatic heterocycles. The minimum absolute atomic E-state index is 0.0540. The normalized spacial score (nSPS) is 57.3. The van der Waals surface area contributed by atoms with Gasteiger partial charge in [-0.05, 0) is 109 Å². The molecule has 6 fully saturated rings. The molecule has 4 nitrogen and oxygen atoms in total. The molecule has 4 heteroatoms. The highest BCUT2D eigenvalue weighted by Gasteiger charge is 2.84. The number of fused-ring (bicyclic) bond motifs is 4. The SMILES string of the molecule is CC(=O)OCC1CCC2C(CC3[C@@H]4CCC5C(C)(C)[C@@H](O)CCC56[C@@H](C)[C@@]46CC[C@]23C)O1. The molecule has 0 radical (unpaired) electrons. The van der Waals surface area contributed by atoms with Gasteiger partial charge in [0.1, 0.15) is 6.61 Å². The van der Waals surface area contributed by atoms with Crippen molar-refractivity contribution in [3.8, 4) is 0 Å². The molecule has 0 aromatic carbocycles. The number of aliphatic hydroxyl groups is 1. The van der Waals surface area contributed by atoms with Gasteiger partial charge >= 0.3 is 5.97 Å². The first-order valence-corrected chi connectivity index (χ1v) is 13.6. The van der Waals surface area contributed by atoms with Crippen LogP contribution in [0.1, 0.15) is 92.4 Å². The van der Waals surface area contributed by atoms with E-state index >= 15 is 0 Å². The van der Waals surface area contributed by atoms with Crippen molar-refractivity contribution in [1.82, 2.24) is 0 Å². The van der Waals surface area contributed by atoms with E-state index in [1.165, 1.54) is 51.9 Å². The van der Waals surface area contributed by atoms with E-state index in [4.69, 9.17) is 9.47 Å². The van der Waals surface area contributed by atoms with Crippen LogP contribution in [0.25, 0.3) is 0 Å². The number of esters is 1. The smallest absolute Gasteiger partial charge is 0.302 e. The van der Waals surface area contributed by atoms with E-state index in [2.05, 4.69) is 27.7 Å². The summed E-state index contributed by atoms with van der Waals surface area (Å²) in [4.78, 5) is 11.3. The molecule has 6 aliphatic rings. The average molecular weight is 445 g/mol. The molecule has 1 aliphatic heterocycles. The molecule has 1 N–H and O–H groups in total. The van der Waals surface area contributed by atoms with Crippen LogP contribution < -0.4 is 0 Å². The molecule has 0 bridgehead atoms. The highest BCUT2D eigenvalue weighted by molar-refractivity contribution is 5.65. The Morgan fingerprint density at radius 1 is 0.969 bits per heavy atom. The minimum atomic E-state index is -0.199. The van der Waals surface area contributed by atoms with Crippen molar-refractivity contribution in [1.29, 1.82) is 0 Å². The molecular formula is C28H44O4. The summed E-state index contributed by atoms with van der Waals surface area (Å²) < 4.78 is 11.9. The van der Waals surface area contributed by atoms with E-state index in [1.807, 2.05) is 0 Å². The molecule has 2 spiro atoms. The predicted molar refractivity (Wildman–Crippen MR) is 123 cm³/mol. The topological polar surface area (TPSA) is 55.8 Å². The largest absolute Gasteiger partial charge is 0.463 e. The lowest BCUT2D eigenvalue weighted by Crippen LogP contribution is -2.54. The number of aliphatic hydroxyl groups excluding tert-OH is 1. The molecule has 32 heavy (non-hydrogen) atoms. The lowest BCUT2D eigenvalue weighted by Gasteiger charge is -2.59. The summed E-state index contributed by atoms with van der Waals surface area (Å²) in [7, 11) is 0. The summed E-state index contributed by atoms with van der Waals surface area (Å²) in [6, 6.07) is 0. The summed E-state index contributed by atoms with van der Waals surface area (Å²) in [5.41, 5.74) is 1.46. The second kappa shape index (κ2) is 6.74. The van der Waals surface area contributed by atoms with Crippen LogP contribution in [0.15, 0.2) is 0 Å². The van der Waals surface area contributed by atoms with Gasteiger partial charge in [-0.25, -0.2) is 0 Å². The summed E-state index contributed by atoms with van der Waals surface area (Å²) in [6.07, 6.45) is 11.4. The monoisotopic (exact) mass is 444 g/mol. The van der Waals surface area contributed by atoms with Crippen molar-refractivity contribution >= 4 is 5.97 Å². The number of carbonyl (C=O) groups is 1. The molecule has 1 saturated heterocycles. The van der Waals surface area contributed by atoms with Gasteiger partial charge in [-0.15, -0.1) is 0 Å². The highest BCUT2D eigenvalue weighted by atomic mass is 16.6. The molecule has 180 valence electrons. The van der Waals surface area contributed by atoms with Crippen LogP contribution >= 0.6 is 0 Å². The Kier molecular flexibility index (Phi) is 4.61. The third-order valence-corrected chi connectivity index (χ3v) is 12.8. The van der Waals surface area contributed by atoms with Crippen LogP contribution in [0, 0.1) is 51.2 Å². The lowest BCUT2D eigenvalue weighted by atomic mass is 9.46. The van der Waals surface area contributed by atoms with E-state index in [1.54, 1.807) is 0 Å². The van der Waals surface area contributed by atoms with Gasteiger partial charge in [0.15, 0.2) is 0 Å². The molecule has 5 aliphatic carbocycles. The summed E-state index contributed by atoms with van der Waals surface area (Å²) >= 11 is 0. The van der Waals surface area contributed by atoms with Crippen LogP contribution in [-0.2, 0) is 14.3 Å². The van der Waals surface area contributed by atoms with Crippen molar-refractivity contribution in [2.24, 2.45) is 51.2 Å². The van der Waals surface area contributed by atoms with Crippen LogP contribution in [0.5, 0.6) is 0 Å². The van der Waals surface area contributed by atoms with Gasteiger partial charge in [-0.2, -0.15) is 0 Å². The van der Waals surface area contributed by atoms with Gasteiger partial charge in [-0.3, -0.25) is 4.79 Å². The number of carbonyl (C=O) groups excluding carboxylic acids is 1. The van der Waals surface area contributed by atoms with Gasteiger partial charge in [-0.1, -0.05) is 27.7 Å². The predicted octanol–water partition coefficient (Wildman–Crippen LogP) is 5.36. The van der Waals surface area contributed by atoms with Crippen molar-refractivity contribution in [3.05, 3.63) is 0 Å². The first-order chi connectivity index (χ1) is 15.1. The number of rotatable bonds is 2. The van der Waals surface area contributed by atoms with Crippen LogP contribution in [0.4, 0.5) is 0 Å². The van der Waals surface area contributed by atoms with Crippen LogP contribution in [-0.4, -0.2) is 36.0 Å². The van der Waals surface area contributed by atoms with Crippen LogP contribution in [0.2, 0.25) is 0 Å². The Hall–Kier alpha value is -0.610. The molecule has 0 aromatic rings. The number of hydrogen-bond donors (Lipinski definition) is 1. The Labute approximate surface area is 194 Å². The third kappa shape index (κ3) is 2.45. The fraction of sp³-hybridized carbons (Fsp3) is 0.964. The van der Waals surface area contributed by atoms with Gasteiger partial charge in [0.05, 0.1) is 18.3 Å². The first-order valence-electron chi connectivity index (χ1n) is 13.6. The Morgan fingerprint density at radius 2 is 1.72 bits per heavy atom. The average Bonchev–Trinajstić information content (AvgIpc) is 3.13. The molecule has 6 rings (SSSR count). The van der Waals surface area contributed by atoms with E-state index in [0.717, 1.165) is 30.6 Å². The molecule has 5 saturated carbocycles. The Bertz CT molecular complexity index is 807. The fourth-order valence-corrected chi connectivity index (χ4v) is 11.4. The maximum Gasteiger partial charge on any atom is 0.302 e. The molecule has 11 atom stereocenters. The number of ether oxygens (including phenoxy) is 2. The maximum absolute atomic E-state index is 11.3. The molecule has 6 unspecified atom stereocenters. The lowest BCUT2D eigenvalue weighted by molar-refractivity contribution is -0.154. The van der Waals surface area contributed by atoms with Gasteiger partial charge in [0.25, 0.3) is 0 Å². The van der Waals surface area contributed by atoms with Crippen LogP contribution in [0.3, 0.4) is 0 Å². The van der Waals surface area contributed by atoms with E-state index in [0.29, 0.717) is 40.8 Å². The Balaban J connectivity index is 1.27. The fourth-order valence-electron chi connectivity index (χ4n) is 11.4.